The Hall–Kier alpha value is -0.970. The maximum absolute atomic E-state index is 11.1. The number of carbonyl (C=O) groups excluding carboxylic acids is 1. The highest BCUT2D eigenvalue weighted by Crippen LogP contribution is 2.29. The Balaban J connectivity index is 1.82. The van der Waals surface area contributed by atoms with Crippen molar-refractivity contribution in [3.63, 3.8) is 0 Å². The third-order valence-electron chi connectivity index (χ3n) is 6.27. The molecule has 2 aliphatic heterocycles. The van der Waals surface area contributed by atoms with Gasteiger partial charge in [-0.2, -0.15) is 0 Å². The van der Waals surface area contributed by atoms with Gasteiger partial charge < -0.3 is 59.4 Å². The molecule has 0 radical (unpaired) electrons. The molecule has 35 heavy (non-hydrogen) atoms. The molecule has 0 aromatic rings. The number of unbranched alkanes of at least 4 members (excludes halogenated alkanes) is 5. The zero-order chi connectivity index (χ0) is 26.0. The fraction of sp³-hybridized carbons (Fsp3) is 0.955. The van der Waals surface area contributed by atoms with Crippen LogP contribution in [0.25, 0.3) is 0 Å². The summed E-state index contributed by atoms with van der Waals surface area (Å²) in [5.74, 6) is -0.220. The topological polar surface area (TPSA) is 205 Å². The molecule has 13 heteroatoms. The molecule has 0 unspecified atom stereocenters. The second kappa shape index (κ2) is 15.3. The van der Waals surface area contributed by atoms with Crippen molar-refractivity contribution in [3.05, 3.63) is 0 Å². The van der Waals surface area contributed by atoms with E-state index in [0.717, 1.165) is 32.1 Å². The molecule has 2 fully saturated rings. The first-order valence-corrected chi connectivity index (χ1v) is 12.0. The average molecular weight is 513 g/mol. The molecule has 7 N–H and O–H groups in total. The van der Waals surface area contributed by atoms with Gasteiger partial charge in [0.1, 0.15) is 48.8 Å². The van der Waals surface area contributed by atoms with Crippen LogP contribution in [0.4, 0.5) is 0 Å². The molecule has 0 bridgehead atoms. The van der Waals surface area contributed by atoms with E-state index in [0.29, 0.717) is 12.8 Å². The van der Waals surface area contributed by atoms with Gasteiger partial charge in [-0.15, -0.1) is 0 Å². The van der Waals surface area contributed by atoms with Crippen molar-refractivity contribution in [2.45, 2.75) is 106 Å². The van der Waals surface area contributed by atoms with E-state index in [2.05, 4.69) is 4.74 Å². The van der Waals surface area contributed by atoms with Gasteiger partial charge >= 0.3 is 5.97 Å². The molecule has 0 aliphatic carbocycles. The number of rotatable bonds is 14. The lowest BCUT2D eigenvalue weighted by molar-refractivity contribution is -0.358. The number of ether oxygens (including phenoxy) is 5. The Morgan fingerprint density at radius 3 is 2.00 bits per heavy atom. The van der Waals surface area contributed by atoms with Crippen LogP contribution in [0.3, 0.4) is 0 Å². The van der Waals surface area contributed by atoms with Crippen molar-refractivity contribution < 1.29 is 64.2 Å². The van der Waals surface area contributed by atoms with Gasteiger partial charge in [0, 0.05) is 13.0 Å². The number of esters is 1. The van der Waals surface area contributed by atoms with Crippen LogP contribution in [0, 0.1) is 0 Å². The first kappa shape index (κ1) is 30.3. The van der Waals surface area contributed by atoms with Gasteiger partial charge in [0.25, 0.3) is 0 Å². The van der Waals surface area contributed by atoms with Crippen LogP contribution in [0.1, 0.15) is 44.9 Å². The van der Waals surface area contributed by atoms with E-state index in [1.807, 2.05) is 0 Å². The minimum atomic E-state index is -1.71. The molecular formula is C22H40O13. The fourth-order valence-corrected chi connectivity index (χ4v) is 4.14. The Bertz CT molecular complexity index is 606. The number of carbonyl (C=O) groups is 1. The summed E-state index contributed by atoms with van der Waals surface area (Å²) in [4.78, 5) is 11.1. The quantitative estimate of drug-likeness (QED) is 0.0953. The number of hydrogen-bond acceptors (Lipinski definition) is 13. The first-order valence-electron chi connectivity index (χ1n) is 12.0. The zero-order valence-electron chi connectivity index (χ0n) is 19.9. The second-order valence-electron chi connectivity index (χ2n) is 8.82. The maximum Gasteiger partial charge on any atom is 0.305 e. The van der Waals surface area contributed by atoms with Crippen LogP contribution in [0.2, 0.25) is 0 Å². The molecule has 2 rings (SSSR count). The smallest absolute Gasteiger partial charge is 0.305 e. The Kier molecular flexibility index (Phi) is 13.2. The highest BCUT2D eigenvalue weighted by atomic mass is 16.7. The summed E-state index contributed by atoms with van der Waals surface area (Å²) >= 11 is 0. The highest BCUT2D eigenvalue weighted by molar-refractivity contribution is 5.68. The monoisotopic (exact) mass is 512 g/mol. The van der Waals surface area contributed by atoms with Crippen LogP contribution in [-0.4, -0.2) is 130 Å². The lowest BCUT2D eigenvalue weighted by Gasteiger charge is -2.46. The number of aliphatic hydroxyl groups is 7. The summed E-state index contributed by atoms with van der Waals surface area (Å²) in [5.41, 5.74) is 0. The summed E-state index contributed by atoms with van der Waals surface area (Å²) in [6, 6.07) is 0. The molecule has 0 saturated carbocycles. The standard InChI is InChI=1S/C22H40O13/c1-31-14(25)8-6-4-2-3-5-7-9-32-20-18(29)19(13(11-24)33-21(20)30)35-22-17(28)16(27)15(26)12(10-23)34-22/h12-13,15-24,26-30H,2-11H2,1H3/t12-,13-,15+,16+,17-,18+,19-,20-,21-,22+/m1/s1. The van der Waals surface area contributed by atoms with Gasteiger partial charge in [0.15, 0.2) is 12.6 Å². The Labute approximate surface area is 204 Å². The largest absolute Gasteiger partial charge is 0.469 e. The van der Waals surface area contributed by atoms with Gasteiger partial charge in [-0.25, -0.2) is 0 Å². The molecule has 206 valence electrons. The maximum atomic E-state index is 11.1. The fourth-order valence-electron chi connectivity index (χ4n) is 4.14. The lowest BCUT2D eigenvalue weighted by Crippen LogP contribution is -2.64. The summed E-state index contributed by atoms with van der Waals surface area (Å²) in [6.45, 7) is -1.09. The average Bonchev–Trinajstić information content (AvgIpc) is 2.85. The van der Waals surface area contributed by atoms with Gasteiger partial charge in [-0.3, -0.25) is 4.79 Å². The van der Waals surface area contributed by atoms with Crippen LogP contribution in [-0.2, 0) is 28.5 Å². The van der Waals surface area contributed by atoms with Gasteiger partial charge in [0.05, 0.1) is 20.3 Å². The summed E-state index contributed by atoms with van der Waals surface area (Å²) in [5, 5.41) is 70.0. The van der Waals surface area contributed by atoms with E-state index >= 15 is 0 Å². The summed E-state index contributed by atoms with van der Waals surface area (Å²) in [6.07, 6.45) is -9.08. The van der Waals surface area contributed by atoms with Crippen molar-refractivity contribution in [1.82, 2.24) is 0 Å². The molecule has 0 aromatic heterocycles. The molecule has 0 spiro atoms. The molecule has 2 heterocycles. The highest BCUT2D eigenvalue weighted by Gasteiger charge is 2.50. The van der Waals surface area contributed by atoms with Crippen molar-refractivity contribution in [2.24, 2.45) is 0 Å². The van der Waals surface area contributed by atoms with Crippen molar-refractivity contribution >= 4 is 5.97 Å². The number of methoxy groups -OCH3 is 1. The first-order chi connectivity index (χ1) is 16.7. The molecule has 0 amide bonds. The Morgan fingerprint density at radius 2 is 1.37 bits per heavy atom. The number of aliphatic hydroxyl groups excluding tert-OH is 7. The number of hydrogen-bond donors (Lipinski definition) is 7. The van der Waals surface area contributed by atoms with Crippen LogP contribution in [0.5, 0.6) is 0 Å². The van der Waals surface area contributed by atoms with Gasteiger partial charge in [0.2, 0.25) is 0 Å². The van der Waals surface area contributed by atoms with E-state index < -0.39 is 74.6 Å². The van der Waals surface area contributed by atoms with E-state index in [4.69, 9.17) is 18.9 Å². The van der Waals surface area contributed by atoms with E-state index in [1.54, 1.807) is 0 Å². The lowest BCUT2D eigenvalue weighted by atomic mass is 9.97. The van der Waals surface area contributed by atoms with Crippen molar-refractivity contribution in [3.8, 4) is 0 Å². The van der Waals surface area contributed by atoms with Gasteiger partial charge in [-0.1, -0.05) is 25.7 Å². The summed E-state index contributed by atoms with van der Waals surface area (Å²) in [7, 11) is 1.36. The third-order valence-corrected chi connectivity index (χ3v) is 6.27. The van der Waals surface area contributed by atoms with Crippen LogP contribution >= 0.6 is 0 Å². The second-order valence-corrected chi connectivity index (χ2v) is 8.82. The minimum absolute atomic E-state index is 0.209. The molecule has 13 nitrogen and oxygen atoms in total. The van der Waals surface area contributed by atoms with E-state index in [9.17, 15) is 40.5 Å². The minimum Gasteiger partial charge on any atom is -0.469 e. The van der Waals surface area contributed by atoms with E-state index in [1.165, 1.54) is 7.11 Å². The predicted molar refractivity (Wildman–Crippen MR) is 117 cm³/mol. The third kappa shape index (κ3) is 8.54. The van der Waals surface area contributed by atoms with Crippen molar-refractivity contribution in [2.75, 3.05) is 26.9 Å². The van der Waals surface area contributed by atoms with Crippen LogP contribution in [0.15, 0.2) is 0 Å². The molecular weight excluding hydrogens is 472 g/mol. The normalized spacial score (nSPS) is 37.8. The van der Waals surface area contributed by atoms with Crippen LogP contribution < -0.4 is 0 Å². The molecule has 2 aliphatic rings. The van der Waals surface area contributed by atoms with E-state index in [-0.39, 0.29) is 12.6 Å². The molecule has 0 aromatic carbocycles. The van der Waals surface area contributed by atoms with Crippen molar-refractivity contribution in [1.29, 1.82) is 0 Å². The predicted octanol–water partition coefficient (Wildman–Crippen LogP) is -2.47. The molecule has 2 saturated heterocycles. The zero-order valence-corrected chi connectivity index (χ0v) is 19.9. The van der Waals surface area contributed by atoms with Gasteiger partial charge in [-0.05, 0) is 12.8 Å². The SMILES string of the molecule is COC(=O)CCCCCCCCO[C@@H]1[C@@H](O)[C@H](O[C@@H]2O[C@H](CO)[C@H](O)[C@H](O)[C@H]2O)[C@@H](CO)O[C@H]1O. The Morgan fingerprint density at radius 1 is 0.743 bits per heavy atom. The molecule has 10 atom stereocenters. The summed E-state index contributed by atoms with van der Waals surface area (Å²) < 4.78 is 26.4.